The highest BCUT2D eigenvalue weighted by Gasteiger charge is 2.41. The number of halogens is 3. The molecular weight excluding hydrogens is 283 g/mol. The van der Waals surface area contributed by atoms with Gasteiger partial charge in [0.1, 0.15) is 0 Å². The number of ether oxygens (including phenoxy) is 1. The van der Waals surface area contributed by atoms with E-state index in [1.807, 2.05) is 0 Å². The standard InChI is InChI=1S/C15H18F3NO2/c16-15(17,18)12-6-4-11(5-7-12)14(20)10-19-8-2-1-3-13(19)9-21-14/h4-7,13,20H,1-3,8-10H2. The van der Waals surface area contributed by atoms with E-state index in [-0.39, 0.29) is 0 Å². The molecule has 2 heterocycles. The van der Waals surface area contributed by atoms with Gasteiger partial charge >= 0.3 is 6.18 Å². The minimum atomic E-state index is -4.37. The minimum Gasteiger partial charge on any atom is -0.361 e. The summed E-state index contributed by atoms with van der Waals surface area (Å²) in [5, 5.41) is 10.6. The number of morpholine rings is 1. The highest BCUT2D eigenvalue weighted by atomic mass is 19.4. The predicted octanol–water partition coefficient (Wildman–Crippen LogP) is 2.74. The zero-order chi connectivity index (χ0) is 15.1. The van der Waals surface area contributed by atoms with E-state index in [2.05, 4.69) is 4.90 Å². The lowest BCUT2D eigenvalue weighted by molar-refractivity contribution is -0.264. The fourth-order valence-electron chi connectivity index (χ4n) is 3.11. The molecule has 1 aromatic carbocycles. The van der Waals surface area contributed by atoms with Gasteiger partial charge in [0, 0.05) is 11.6 Å². The molecule has 0 saturated carbocycles. The molecule has 2 aliphatic rings. The summed E-state index contributed by atoms with van der Waals surface area (Å²) >= 11 is 0. The summed E-state index contributed by atoms with van der Waals surface area (Å²) in [5.74, 6) is -1.52. The van der Waals surface area contributed by atoms with Crippen LogP contribution in [0.25, 0.3) is 0 Å². The van der Waals surface area contributed by atoms with Crippen molar-refractivity contribution in [3.8, 4) is 0 Å². The van der Waals surface area contributed by atoms with Crippen LogP contribution in [0.15, 0.2) is 24.3 Å². The maximum atomic E-state index is 12.6. The van der Waals surface area contributed by atoms with Crippen LogP contribution in [-0.4, -0.2) is 35.7 Å². The highest BCUT2D eigenvalue weighted by molar-refractivity contribution is 5.28. The Balaban J connectivity index is 1.79. The van der Waals surface area contributed by atoms with Crippen molar-refractivity contribution < 1.29 is 23.0 Å². The number of hydrogen-bond acceptors (Lipinski definition) is 3. The average Bonchev–Trinajstić information content (AvgIpc) is 2.46. The van der Waals surface area contributed by atoms with Crippen molar-refractivity contribution in [1.29, 1.82) is 0 Å². The Morgan fingerprint density at radius 2 is 1.90 bits per heavy atom. The van der Waals surface area contributed by atoms with E-state index in [0.717, 1.165) is 37.9 Å². The van der Waals surface area contributed by atoms with Crippen LogP contribution in [0.2, 0.25) is 0 Å². The van der Waals surface area contributed by atoms with Crippen molar-refractivity contribution in [2.75, 3.05) is 19.7 Å². The van der Waals surface area contributed by atoms with Gasteiger partial charge in [-0.2, -0.15) is 13.2 Å². The molecule has 3 rings (SSSR count). The second kappa shape index (κ2) is 5.26. The predicted molar refractivity (Wildman–Crippen MR) is 70.5 cm³/mol. The van der Waals surface area contributed by atoms with E-state index in [4.69, 9.17) is 4.74 Å². The normalized spacial score (nSPS) is 31.0. The van der Waals surface area contributed by atoms with Gasteiger partial charge in [-0.1, -0.05) is 18.6 Å². The average molecular weight is 301 g/mol. The second-order valence-electron chi connectivity index (χ2n) is 5.79. The summed E-state index contributed by atoms with van der Waals surface area (Å²) in [5.41, 5.74) is -0.346. The van der Waals surface area contributed by atoms with E-state index < -0.39 is 17.5 Å². The van der Waals surface area contributed by atoms with Crippen LogP contribution in [0.3, 0.4) is 0 Å². The zero-order valence-corrected chi connectivity index (χ0v) is 11.6. The van der Waals surface area contributed by atoms with Gasteiger partial charge in [0.15, 0.2) is 0 Å². The van der Waals surface area contributed by atoms with E-state index in [1.165, 1.54) is 12.1 Å². The molecule has 0 spiro atoms. The Hall–Kier alpha value is -1.11. The van der Waals surface area contributed by atoms with Crippen LogP contribution in [0, 0.1) is 0 Å². The Kier molecular flexibility index (Phi) is 3.71. The third-order valence-electron chi connectivity index (χ3n) is 4.34. The van der Waals surface area contributed by atoms with Gasteiger partial charge in [-0.05, 0) is 31.5 Å². The number of aliphatic hydroxyl groups is 1. The van der Waals surface area contributed by atoms with Crippen molar-refractivity contribution in [2.24, 2.45) is 0 Å². The molecule has 2 unspecified atom stereocenters. The van der Waals surface area contributed by atoms with E-state index in [1.54, 1.807) is 0 Å². The van der Waals surface area contributed by atoms with Crippen LogP contribution >= 0.6 is 0 Å². The molecule has 0 amide bonds. The third kappa shape index (κ3) is 2.93. The Labute approximate surface area is 121 Å². The van der Waals surface area contributed by atoms with Gasteiger partial charge in [0.2, 0.25) is 5.79 Å². The third-order valence-corrected chi connectivity index (χ3v) is 4.34. The van der Waals surface area contributed by atoms with Crippen LogP contribution < -0.4 is 0 Å². The van der Waals surface area contributed by atoms with Crippen LogP contribution in [-0.2, 0) is 16.7 Å². The smallest absolute Gasteiger partial charge is 0.361 e. The molecule has 21 heavy (non-hydrogen) atoms. The first kappa shape index (κ1) is 14.8. The van der Waals surface area contributed by atoms with Gasteiger partial charge in [-0.25, -0.2) is 0 Å². The lowest BCUT2D eigenvalue weighted by atomic mass is 9.96. The fraction of sp³-hybridized carbons (Fsp3) is 0.600. The topological polar surface area (TPSA) is 32.7 Å². The van der Waals surface area contributed by atoms with Crippen molar-refractivity contribution >= 4 is 0 Å². The summed E-state index contributed by atoms with van der Waals surface area (Å²) in [6.45, 7) is 1.62. The van der Waals surface area contributed by atoms with Crippen molar-refractivity contribution in [3.05, 3.63) is 35.4 Å². The Morgan fingerprint density at radius 1 is 1.19 bits per heavy atom. The van der Waals surface area contributed by atoms with Crippen molar-refractivity contribution in [3.63, 3.8) is 0 Å². The van der Waals surface area contributed by atoms with E-state index >= 15 is 0 Å². The molecule has 2 aliphatic heterocycles. The van der Waals surface area contributed by atoms with Gasteiger partial charge in [-0.15, -0.1) is 0 Å². The Bertz CT molecular complexity index is 503. The number of alkyl halides is 3. The first-order valence-corrected chi connectivity index (χ1v) is 7.17. The lowest BCUT2D eigenvalue weighted by Crippen LogP contribution is -2.56. The first-order valence-electron chi connectivity index (χ1n) is 7.17. The lowest BCUT2D eigenvalue weighted by Gasteiger charge is -2.46. The molecule has 3 nitrogen and oxygen atoms in total. The molecule has 6 heteroatoms. The largest absolute Gasteiger partial charge is 0.416 e. The summed E-state index contributed by atoms with van der Waals surface area (Å²) in [7, 11) is 0. The van der Waals surface area contributed by atoms with Gasteiger partial charge in [0.05, 0.1) is 18.7 Å². The molecule has 2 fully saturated rings. The van der Waals surface area contributed by atoms with Crippen LogP contribution in [0.1, 0.15) is 30.4 Å². The molecule has 1 N–H and O–H groups in total. The van der Waals surface area contributed by atoms with Gasteiger partial charge < -0.3 is 9.84 Å². The number of fused-ring (bicyclic) bond motifs is 1. The number of rotatable bonds is 1. The molecule has 116 valence electrons. The minimum absolute atomic E-state index is 0.309. The molecule has 0 aromatic heterocycles. The maximum absolute atomic E-state index is 12.6. The SMILES string of the molecule is OC1(c2ccc(C(F)(F)F)cc2)CN2CCCCC2CO1. The molecule has 0 aliphatic carbocycles. The van der Waals surface area contributed by atoms with Crippen molar-refractivity contribution in [2.45, 2.75) is 37.3 Å². The van der Waals surface area contributed by atoms with E-state index in [0.29, 0.717) is 24.8 Å². The number of hydrogen-bond donors (Lipinski definition) is 1. The van der Waals surface area contributed by atoms with Gasteiger partial charge in [0.25, 0.3) is 0 Å². The highest BCUT2D eigenvalue weighted by Crippen LogP contribution is 2.35. The first-order chi connectivity index (χ1) is 9.88. The summed E-state index contributed by atoms with van der Waals surface area (Å²) in [4.78, 5) is 2.17. The fourth-order valence-corrected chi connectivity index (χ4v) is 3.11. The molecule has 2 saturated heterocycles. The van der Waals surface area contributed by atoms with Gasteiger partial charge in [-0.3, -0.25) is 4.90 Å². The monoisotopic (exact) mass is 301 g/mol. The summed E-state index contributed by atoms with van der Waals surface area (Å²) in [6, 6.07) is 4.88. The number of piperidine rings is 1. The molecule has 0 radical (unpaired) electrons. The number of benzene rings is 1. The maximum Gasteiger partial charge on any atom is 0.416 e. The van der Waals surface area contributed by atoms with Crippen LogP contribution in [0.4, 0.5) is 13.2 Å². The summed E-state index contributed by atoms with van der Waals surface area (Å²) in [6.07, 6.45) is -1.08. The quantitative estimate of drug-likeness (QED) is 0.866. The van der Waals surface area contributed by atoms with Crippen molar-refractivity contribution in [1.82, 2.24) is 4.90 Å². The van der Waals surface area contributed by atoms with E-state index in [9.17, 15) is 18.3 Å². The van der Waals surface area contributed by atoms with Crippen LogP contribution in [0.5, 0.6) is 0 Å². The molecule has 0 bridgehead atoms. The second-order valence-corrected chi connectivity index (χ2v) is 5.79. The molecule has 2 atom stereocenters. The molecular formula is C15H18F3NO2. The number of nitrogens with zero attached hydrogens (tertiary/aromatic N) is 1. The Morgan fingerprint density at radius 3 is 2.57 bits per heavy atom. The summed E-state index contributed by atoms with van der Waals surface area (Å²) < 4.78 is 43.3. The zero-order valence-electron chi connectivity index (χ0n) is 11.6. The molecule has 1 aromatic rings.